The smallest absolute Gasteiger partial charge is 0.269 e. The fraction of sp³-hybridized carbons (Fsp3) is 0.444. The molecule has 3 heterocycles. The average Bonchev–Trinajstić information content (AvgIpc) is 3.24. The Morgan fingerprint density at radius 2 is 2.33 bits per heavy atom. The van der Waals surface area contributed by atoms with Gasteiger partial charge in [0.1, 0.15) is 12.4 Å². The van der Waals surface area contributed by atoms with E-state index in [4.69, 9.17) is 9.47 Å². The van der Waals surface area contributed by atoms with E-state index in [1.165, 1.54) is 11.1 Å². The van der Waals surface area contributed by atoms with Crippen molar-refractivity contribution < 1.29 is 9.47 Å². The third-order valence-corrected chi connectivity index (χ3v) is 4.81. The number of hydrogen-bond donors (Lipinski definition) is 1. The molecule has 0 saturated carbocycles. The van der Waals surface area contributed by atoms with Crippen LogP contribution in [0.4, 0.5) is 5.69 Å². The first-order valence-corrected chi connectivity index (χ1v) is 8.37. The van der Waals surface area contributed by atoms with Gasteiger partial charge in [-0.3, -0.25) is 4.79 Å². The van der Waals surface area contributed by atoms with Gasteiger partial charge in [0.25, 0.3) is 5.56 Å². The standard InChI is InChI=1S/C18H21N3O3/c1-12-16(8-19-20-18(12)22)21-9-13-4-2-6-17(15(13)10-21)24-11-14-5-3-7-23-14/h2,4,6,8,14H,3,5,7,9-11H2,1H3,(H,20,22). The molecule has 2 aliphatic rings. The van der Waals surface area contributed by atoms with Crippen molar-refractivity contribution in [2.75, 3.05) is 18.1 Å². The fourth-order valence-corrected chi connectivity index (χ4v) is 3.42. The summed E-state index contributed by atoms with van der Waals surface area (Å²) >= 11 is 0. The van der Waals surface area contributed by atoms with Gasteiger partial charge in [0.2, 0.25) is 0 Å². The molecule has 2 aliphatic heterocycles. The second-order valence-electron chi connectivity index (χ2n) is 6.41. The first-order chi connectivity index (χ1) is 11.7. The molecule has 1 unspecified atom stereocenters. The van der Waals surface area contributed by atoms with E-state index >= 15 is 0 Å². The molecular weight excluding hydrogens is 306 g/mol. The molecule has 0 aliphatic carbocycles. The Bertz CT molecular complexity index is 796. The van der Waals surface area contributed by atoms with Gasteiger partial charge >= 0.3 is 0 Å². The number of aromatic amines is 1. The predicted molar refractivity (Wildman–Crippen MR) is 90.4 cm³/mol. The minimum atomic E-state index is -0.140. The van der Waals surface area contributed by atoms with Crippen molar-refractivity contribution in [2.24, 2.45) is 0 Å². The molecule has 1 saturated heterocycles. The third kappa shape index (κ3) is 2.78. The van der Waals surface area contributed by atoms with Crippen LogP contribution in [0.25, 0.3) is 0 Å². The Balaban J connectivity index is 1.54. The number of hydrogen-bond acceptors (Lipinski definition) is 5. The van der Waals surface area contributed by atoms with Gasteiger partial charge in [-0.15, -0.1) is 0 Å². The van der Waals surface area contributed by atoms with Crippen molar-refractivity contribution in [3.63, 3.8) is 0 Å². The van der Waals surface area contributed by atoms with Crippen molar-refractivity contribution in [2.45, 2.75) is 39.0 Å². The molecule has 4 rings (SSSR count). The number of fused-ring (bicyclic) bond motifs is 1. The zero-order valence-corrected chi connectivity index (χ0v) is 13.7. The van der Waals surface area contributed by atoms with E-state index in [9.17, 15) is 4.79 Å². The lowest BCUT2D eigenvalue weighted by molar-refractivity contribution is 0.0676. The molecular formula is C18H21N3O3. The van der Waals surface area contributed by atoms with Crippen molar-refractivity contribution in [1.29, 1.82) is 0 Å². The summed E-state index contributed by atoms with van der Waals surface area (Å²) in [5.41, 5.74) is 3.85. The van der Waals surface area contributed by atoms with Gasteiger partial charge in [-0.05, 0) is 31.4 Å². The molecule has 0 radical (unpaired) electrons. The fourth-order valence-electron chi connectivity index (χ4n) is 3.42. The number of benzene rings is 1. The molecule has 1 N–H and O–H groups in total. The highest BCUT2D eigenvalue weighted by Crippen LogP contribution is 2.34. The van der Waals surface area contributed by atoms with Gasteiger partial charge in [0, 0.05) is 30.8 Å². The summed E-state index contributed by atoms with van der Waals surface area (Å²) in [6.45, 7) is 4.75. The number of ether oxygens (including phenoxy) is 2. The molecule has 0 bridgehead atoms. The zero-order valence-electron chi connectivity index (χ0n) is 13.7. The summed E-state index contributed by atoms with van der Waals surface area (Å²) in [5.74, 6) is 0.918. The molecule has 0 amide bonds. The lowest BCUT2D eigenvalue weighted by Gasteiger charge is -2.19. The van der Waals surface area contributed by atoms with Crippen LogP contribution >= 0.6 is 0 Å². The predicted octanol–water partition coefficient (Wildman–Crippen LogP) is 2.16. The summed E-state index contributed by atoms with van der Waals surface area (Å²) in [6, 6.07) is 6.15. The molecule has 1 fully saturated rings. The van der Waals surface area contributed by atoms with E-state index in [-0.39, 0.29) is 11.7 Å². The summed E-state index contributed by atoms with van der Waals surface area (Å²) in [5, 5.41) is 6.41. The zero-order chi connectivity index (χ0) is 16.5. The van der Waals surface area contributed by atoms with Gasteiger partial charge in [-0.25, -0.2) is 5.10 Å². The van der Waals surface area contributed by atoms with Gasteiger partial charge in [-0.2, -0.15) is 5.10 Å². The number of rotatable bonds is 4. The number of nitrogens with one attached hydrogen (secondary N) is 1. The lowest BCUT2D eigenvalue weighted by Crippen LogP contribution is -2.21. The van der Waals surface area contributed by atoms with E-state index in [1.807, 2.05) is 19.1 Å². The van der Waals surface area contributed by atoms with Gasteiger partial charge in [-0.1, -0.05) is 12.1 Å². The summed E-state index contributed by atoms with van der Waals surface area (Å²) in [6.07, 6.45) is 4.11. The SMILES string of the molecule is Cc1c(N2Cc3cccc(OCC4CCCO4)c3C2)cn[nH]c1=O. The molecule has 2 aromatic rings. The van der Waals surface area contributed by atoms with Crippen LogP contribution in [0.2, 0.25) is 0 Å². The van der Waals surface area contributed by atoms with E-state index in [2.05, 4.69) is 21.2 Å². The largest absolute Gasteiger partial charge is 0.491 e. The van der Waals surface area contributed by atoms with Crippen LogP contribution in [-0.4, -0.2) is 29.5 Å². The van der Waals surface area contributed by atoms with E-state index in [0.29, 0.717) is 12.2 Å². The van der Waals surface area contributed by atoms with Crippen molar-refractivity contribution >= 4 is 5.69 Å². The molecule has 1 atom stereocenters. The lowest BCUT2D eigenvalue weighted by atomic mass is 10.1. The van der Waals surface area contributed by atoms with E-state index in [0.717, 1.165) is 44.0 Å². The summed E-state index contributed by atoms with van der Waals surface area (Å²) < 4.78 is 11.7. The van der Waals surface area contributed by atoms with Gasteiger partial charge in [0.05, 0.1) is 18.0 Å². The molecule has 126 valence electrons. The minimum absolute atomic E-state index is 0.140. The second-order valence-corrected chi connectivity index (χ2v) is 6.41. The van der Waals surface area contributed by atoms with Gasteiger partial charge < -0.3 is 14.4 Å². The average molecular weight is 327 g/mol. The second kappa shape index (κ2) is 6.28. The van der Waals surface area contributed by atoms with E-state index in [1.54, 1.807) is 6.20 Å². The quantitative estimate of drug-likeness (QED) is 0.932. The Labute approximate surface area is 140 Å². The van der Waals surface area contributed by atoms with Crippen LogP contribution < -0.4 is 15.2 Å². The maximum absolute atomic E-state index is 11.8. The Morgan fingerprint density at radius 1 is 1.42 bits per heavy atom. The normalized spacial score (nSPS) is 19.5. The maximum Gasteiger partial charge on any atom is 0.269 e. The van der Waals surface area contributed by atoms with Crippen LogP contribution in [0.15, 0.2) is 29.2 Å². The summed E-state index contributed by atoms with van der Waals surface area (Å²) in [7, 11) is 0. The van der Waals surface area contributed by atoms with Crippen molar-refractivity contribution in [3.05, 3.63) is 51.4 Å². The van der Waals surface area contributed by atoms with Crippen molar-refractivity contribution in [1.82, 2.24) is 10.2 Å². The Kier molecular flexibility index (Phi) is 3.98. The minimum Gasteiger partial charge on any atom is -0.491 e. The molecule has 24 heavy (non-hydrogen) atoms. The highest BCUT2D eigenvalue weighted by molar-refractivity contribution is 5.57. The van der Waals surface area contributed by atoms with Crippen LogP contribution in [0, 0.1) is 6.92 Å². The van der Waals surface area contributed by atoms with Crippen LogP contribution in [0.1, 0.15) is 29.5 Å². The topological polar surface area (TPSA) is 67.5 Å². The molecule has 1 aromatic heterocycles. The van der Waals surface area contributed by atoms with E-state index < -0.39 is 0 Å². The monoisotopic (exact) mass is 327 g/mol. The Morgan fingerprint density at radius 3 is 3.17 bits per heavy atom. The highest BCUT2D eigenvalue weighted by Gasteiger charge is 2.25. The van der Waals surface area contributed by atoms with Crippen LogP contribution in [-0.2, 0) is 17.8 Å². The number of nitrogens with zero attached hydrogens (tertiary/aromatic N) is 2. The molecule has 0 spiro atoms. The highest BCUT2D eigenvalue weighted by atomic mass is 16.5. The Hall–Kier alpha value is -2.34. The van der Waals surface area contributed by atoms with Crippen LogP contribution in [0.5, 0.6) is 5.75 Å². The molecule has 6 heteroatoms. The number of H-pyrrole nitrogens is 1. The van der Waals surface area contributed by atoms with Crippen LogP contribution in [0.3, 0.4) is 0 Å². The number of aromatic nitrogens is 2. The first kappa shape index (κ1) is 15.2. The number of anilines is 1. The first-order valence-electron chi connectivity index (χ1n) is 8.37. The third-order valence-electron chi connectivity index (χ3n) is 4.81. The van der Waals surface area contributed by atoms with Gasteiger partial charge in [0.15, 0.2) is 0 Å². The van der Waals surface area contributed by atoms with Crippen molar-refractivity contribution in [3.8, 4) is 5.75 Å². The maximum atomic E-state index is 11.8. The molecule has 1 aromatic carbocycles. The molecule has 6 nitrogen and oxygen atoms in total. The summed E-state index contributed by atoms with van der Waals surface area (Å²) in [4.78, 5) is 14.0.